The van der Waals surface area contributed by atoms with Crippen LogP contribution in [0.1, 0.15) is 53.6 Å². The van der Waals surface area contributed by atoms with Gasteiger partial charge in [0.05, 0.1) is 17.7 Å². The SMILES string of the molecule is COc1ccc(C(=O)NC(=S)Nc2sc3c(c2C#N)CCC(C(C)(C)C)C3)cc1Cl. The number of thiophene rings is 1. The van der Waals surface area contributed by atoms with Crippen LogP contribution in [-0.4, -0.2) is 18.1 Å². The Labute approximate surface area is 191 Å². The number of hydrogen-bond acceptors (Lipinski definition) is 5. The lowest BCUT2D eigenvalue weighted by Crippen LogP contribution is -2.34. The Kier molecular flexibility index (Phi) is 6.71. The van der Waals surface area contributed by atoms with E-state index in [1.54, 1.807) is 23.5 Å². The summed E-state index contributed by atoms with van der Waals surface area (Å²) >= 11 is 13.0. The van der Waals surface area contributed by atoms with Gasteiger partial charge >= 0.3 is 0 Å². The van der Waals surface area contributed by atoms with Gasteiger partial charge in [0.15, 0.2) is 5.11 Å². The van der Waals surface area contributed by atoms with Crippen LogP contribution in [0.15, 0.2) is 18.2 Å². The van der Waals surface area contributed by atoms with Gasteiger partial charge in [0.2, 0.25) is 0 Å². The normalized spacial score (nSPS) is 15.7. The van der Waals surface area contributed by atoms with Crippen LogP contribution >= 0.6 is 35.2 Å². The predicted octanol–water partition coefficient (Wildman–Crippen LogP) is 5.56. The van der Waals surface area contributed by atoms with E-state index in [0.717, 1.165) is 24.8 Å². The highest BCUT2D eigenvalue weighted by Gasteiger charge is 2.32. The van der Waals surface area contributed by atoms with Gasteiger partial charge in [0.1, 0.15) is 16.8 Å². The molecular formula is C22H24ClN3O2S2. The van der Waals surface area contributed by atoms with Gasteiger partial charge in [0, 0.05) is 10.4 Å². The molecule has 158 valence electrons. The molecule has 1 aliphatic carbocycles. The zero-order valence-electron chi connectivity index (χ0n) is 17.4. The lowest BCUT2D eigenvalue weighted by atomic mass is 9.72. The summed E-state index contributed by atoms with van der Waals surface area (Å²) in [6.45, 7) is 6.78. The van der Waals surface area contributed by atoms with Gasteiger partial charge in [-0.25, -0.2) is 0 Å². The van der Waals surface area contributed by atoms with Gasteiger partial charge in [-0.05, 0) is 66.6 Å². The fourth-order valence-corrected chi connectivity index (χ4v) is 5.45. The van der Waals surface area contributed by atoms with Crippen LogP contribution in [0.25, 0.3) is 0 Å². The number of methoxy groups -OCH3 is 1. The van der Waals surface area contributed by atoms with E-state index >= 15 is 0 Å². The number of ether oxygens (including phenoxy) is 1. The number of rotatable bonds is 3. The molecule has 0 radical (unpaired) electrons. The van der Waals surface area contributed by atoms with Crippen LogP contribution in [-0.2, 0) is 12.8 Å². The van der Waals surface area contributed by atoms with Crippen molar-refractivity contribution in [1.82, 2.24) is 5.32 Å². The van der Waals surface area contributed by atoms with Gasteiger partial charge in [-0.15, -0.1) is 11.3 Å². The molecule has 2 aromatic rings. The molecule has 8 heteroatoms. The summed E-state index contributed by atoms with van der Waals surface area (Å²) in [6.07, 6.45) is 2.92. The van der Waals surface area contributed by atoms with Crippen LogP contribution in [0, 0.1) is 22.7 Å². The van der Waals surface area contributed by atoms with Crippen molar-refractivity contribution < 1.29 is 9.53 Å². The summed E-state index contributed by atoms with van der Waals surface area (Å²) in [5, 5.41) is 16.6. The Morgan fingerprint density at radius 1 is 1.40 bits per heavy atom. The molecule has 2 N–H and O–H groups in total. The molecule has 5 nitrogen and oxygen atoms in total. The smallest absolute Gasteiger partial charge is 0.257 e. The highest BCUT2D eigenvalue weighted by molar-refractivity contribution is 7.80. The molecule has 0 fully saturated rings. The zero-order chi connectivity index (χ0) is 22.1. The van der Waals surface area contributed by atoms with E-state index in [4.69, 9.17) is 28.6 Å². The van der Waals surface area contributed by atoms with Crippen molar-refractivity contribution in [2.75, 3.05) is 12.4 Å². The number of benzene rings is 1. The lowest BCUT2D eigenvalue weighted by Gasteiger charge is -2.33. The molecular weight excluding hydrogens is 438 g/mol. The molecule has 3 rings (SSSR count). The number of hydrogen-bond donors (Lipinski definition) is 2. The van der Waals surface area contributed by atoms with E-state index < -0.39 is 0 Å². The van der Waals surface area contributed by atoms with Crippen molar-refractivity contribution >= 4 is 51.2 Å². The molecule has 30 heavy (non-hydrogen) atoms. The molecule has 1 atom stereocenters. The standard InChI is InChI=1S/C22H24ClN3O2S2/c1-22(2,3)13-6-7-14-15(11-24)20(30-18(14)10-13)26-21(29)25-19(27)12-5-8-17(28-4)16(23)9-12/h5,8-9,13H,6-7,10H2,1-4H3,(H2,25,26,27,29). The van der Waals surface area contributed by atoms with E-state index in [2.05, 4.69) is 37.5 Å². The summed E-state index contributed by atoms with van der Waals surface area (Å²) in [6, 6.07) is 7.07. The van der Waals surface area contributed by atoms with Crippen LogP contribution < -0.4 is 15.4 Å². The molecule has 1 heterocycles. The Hall–Kier alpha value is -2.14. The summed E-state index contributed by atoms with van der Waals surface area (Å²) in [7, 11) is 1.51. The molecule has 1 aliphatic rings. The Morgan fingerprint density at radius 2 is 2.13 bits per heavy atom. The Morgan fingerprint density at radius 3 is 2.73 bits per heavy atom. The van der Waals surface area contributed by atoms with Crippen molar-refractivity contribution in [3.05, 3.63) is 44.8 Å². The quantitative estimate of drug-likeness (QED) is 0.585. The summed E-state index contributed by atoms with van der Waals surface area (Å²) in [5.74, 6) is 0.685. The van der Waals surface area contributed by atoms with Gasteiger partial charge in [-0.3, -0.25) is 10.1 Å². The largest absolute Gasteiger partial charge is 0.495 e. The Balaban J connectivity index is 1.73. The number of thiocarbonyl (C=S) groups is 1. The molecule has 0 bridgehead atoms. The number of anilines is 1. The second kappa shape index (κ2) is 8.93. The number of nitrogens with one attached hydrogen (secondary N) is 2. The number of fused-ring (bicyclic) bond motifs is 1. The minimum atomic E-state index is -0.385. The maximum atomic E-state index is 12.5. The highest BCUT2D eigenvalue weighted by Crippen LogP contribution is 2.44. The average molecular weight is 462 g/mol. The third-order valence-electron chi connectivity index (χ3n) is 5.47. The minimum Gasteiger partial charge on any atom is -0.495 e. The second-order valence-corrected chi connectivity index (χ2v) is 10.3. The second-order valence-electron chi connectivity index (χ2n) is 8.38. The lowest BCUT2D eigenvalue weighted by molar-refractivity contribution is 0.0977. The summed E-state index contributed by atoms with van der Waals surface area (Å²) in [4.78, 5) is 13.7. The van der Waals surface area contributed by atoms with E-state index in [-0.39, 0.29) is 16.4 Å². The fraction of sp³-hybridized carbons (Fsp3) is 0.409. The molecule has 1 amide bonds. The first kappa shape index (κ1) is 22.5. The fourth-order valence-electron chi connectivity index (χ4n) is 3.65. The number of carbonyl (C=O) groups excluding carboxylic acids is 1. The van der Waals surface area contributed by atoms with Crippen LogP contribution in [0.5, 0.6) is 5.75 Å². The van der Waals surface area contributed by atoms with Crippen molar-refractivity contribution in [3.8, 4) is 11.8 Å². The number of amides is 1. The molecule has 1 aromatic heterocycles. The number of carbonyl (C=O) groups is 1. The maximum absolute atomic E-state index is 12.5. The first-order valence-corrected chi connectivity index (χ1v) is 11.2. The number of nitrogens with zero attached hydrogens (tertiary/aromatic N) is 1. The average Bonchev–Trinajstić information content (AvgIpc) is 3.02. The topological polar surface area (TPSA) is 74.2 Å². The maximum Gasteiger partial charge on any atom is 0.257 e. The minimum absolute atomic E-state index is 0.148. The molecule has 1 aromatic carbocycles. The summed E-state index contributed by atoms with van der Waals surface area (Å²) in [5.41, 5.74) is 2.34. The van der Waals surface area contributed by atoms with Crippen LogP contribution in [0.2, 0.25) is 5.02 Å². The van der Waals surface area contributed by atoms with Gasteiger partial charge in [0.25, 0.3) is 5.91 Å². The zero-order valence-corrected chi connectivity index (χ0v) is 19.8. The molecule has 1 unspecified atom stereocenters. The van der Waals surface area contributed by atoms with E-state index in [1.807, 2.05) is 0 Å². The van der Waals surface area contributed by atoms with E-state index in [9.17, 15) is 10.1 Å². The van der Waals surface area contributed by atoms with Crippen molar-refractivity contribution in [3.63, 3.8) is 0 Å². The molecule has 0 aliphatic heterocycles. The van der Waals surface area contributed by atoms with Gasteiger partial charge < -0.3 is 10.1 Å². The highest BCUT2D eigenvalue weighted by atomic mass is 35.5. The van der Waals surface area contributed by atoms with Gasteiger partial charge in [-0.1, -0.05) is 32.4 Å². The van der Waals surface area contributed by atoms with Crippen molar-refractivity contribution in [1.29, 1.82) is 5.26 Å². The number of nitriles is 1. The Bertz CT molecular complexity index is 1030. The predicted molar refractivity (Wildman–Crippen MR) is 126 cm³/mol. The summed E-state index contributed by atoms with van der Waals surface area (Å²) < 4.78 is 5.10. The molecule has 0 saturated heterocycles. The van der Waals surface area contributed by atoms with Crippen molar-refractivity contribution in [2.45, 2.75) is 40.0 Å². The third kappa shape index (κ3) is 4.77. The number of halogens is 1. The first-order chi connectivity index (χ1) is 14.1. The molecule has 0 spiro atoms. The van der Waals surface area contributed by atoms with E-state index in [0.29, 0.717) is 32.8 Å². The monoisotopic (exact) mass is 461 g/mol. The van der Waals surface area contributed by atoms with E-state index in [1.165, 1.54) is 18.1 Å². The first-order valence-electron chi connectivity index (χ1n) is 9.64. The van der Waals surface area contributed by atoms with Crippen LogP contribution in [0.3, 0.4) is 0 Å². The molecule has 0 saturated carbocycles. The van der Waals surface area contributed by atoms with Crippen LogP contribution in [0.4, 0.5) is 5.00 Å². The van der Waals surface area contributed by atoms with Crippen molar-refractivity contribution in [2.24, 2.45) is 11.3 Å². The van der Waals surface area contributed by atoms with Gasteiger partial charge in [-0.2, -0.15) is 5.26 Å². The third-order valence-corrected chi connectivity index (χ3v) is 7.14.